The van der Waals surface area contributed by atoms with E-state index in [0.29, 0.717) is 0 Å². The lowest BCUT2D eigenvalue weighted by Crippen LogP contribution is -2.24. The first-order chi connectivity index (χ1) is 11.1. The third-order valence-corrected chi connectivity index (χ3v) is 4.17. The maximum absolute atomic E-state index is 4.41. The SMILES string of the molecule is CC(NC(C)c1nccn1C)c1ccc(-c2ccncc2)cc1. The van der Waals surface area contributed by atoms with Gasteiger partial charge in [-0.2, -0.15) is 0 Å². The van der Waals surface area contributed by atoms with E-state index in [4.69, 9.17) is 0 Å². The molecule has 4 nitrogen and oxygen atoms in total. The molecule has 2 heterocycles. The summed E-state index contributed by atoms with van der Waals surface area (Å²) in [6.45, 7) is 4.32. The Kier molecular flexibility index (Phi) is 4.53. The van der Waals surface area contributed by atoms with Crippen LogP contribution in [-0.4, -0.2) is 14.5 Å². The van der Waals surface area contributed by atoms with Crippen molar-refractivity contribution >= 4 is 0 Å². The Morgan fingerprint density at radius 1 is 0.870 bits per heavy atom. The minimum Gasteiger partial charge on any atom is -0.337 e. The maximum Gasteiger partial charge on any atom is 0.125 e. The summed E-state index contributed by atoms with van der Waals surface area (Å²) in [6, 6.07) is 13.2. The van der Waals surface area contributed by atoms with Gasteiger partial charge >= 0.3 is 0 Å². The van der Waals surface area contributed by atoms with Crippen molar-refractivity contribution in [1.82, 2.24) is 19.9 Å². The van der Waals surface area contributed by atoms with E-state index >= 15 is 0 Å². The second-order valence-electron chi connectivity index (χ2n) is 5.86. The first-order valence-electron chi connectivity index (χ1n) is 7.89. The van der Waals surface area contributed by atoms with Gasteiger partial charge in [-0.25, -0.2) is 4.98 Å². The highest BCUT2D eigenvalue weighted by Gasteiger charge is 2.14. The second kappa shape index (κ2) is 6.75. The summed E-state index contributed by atoms with van der Waals surface area (Å²) in [4.78, 5) is 8.47. The van der Waals surface area contributed by atoms with E-state index in [0.717, 1.165) is 5.82 Å². The molecular formula is C19H22N4. The van der Waals surface area contributed by atoms with Crippen LogP contribution in [0, 0.1) is 0 Å². The van der Waals surface area contributed by atoms with Crippen LogP contribution in [0.25, 0.3) is 11.1 Å². The van der Waals surface area contributed by atoms with Crippen molar-refractivity contribution in [1.29, 1.82) is 0 Å². The van der Waals surface area contributed by atoms with Crippen molar-refractivity contribution in [3.05, 3.63) is 72.6 Å². The molecule has 0 saturated heterocycles. The van der Waals surface area contributed by atoms with Crippen LogP contribution in [0.5, 0.6) is 0 Å². The molecule has 118 valence electrons. The molecule has 0 aliphatic heterocycles. The third-order valence-electron chi connectivity index (χ3n) is 4.17. The van der Waals surface area contributed by atoms with Gasteiger partial charge in [0.2, 0.25) is 0 Å². The fraction of sp³-hybridized carbons (Fsp3) is 0.263. The monoisotopic (exact) mass is 306 g/mol. The predicted molar refractivity (Wildman–Crippen MR) is 92.8 cm³/mol. The minimum absolute atomic E-state index is 0.199. The smallest absolute Gasteiger partial charge is 0.125 e. The molecule has 2 aromatic heterocycles. The van der Waals surface area contributed by atoms with Crippen molar-refractivity contribution in [2.45, 2.75) is 25.9 Å². The van der Waals surface area contributed by atoms with E-state index in [1.807, 2.05) is 44.0 Å². The average molecular weight is 306 g/mol. The Labute approximate surface area is 137 Å². The quantitative estimate of drug-likeness (QED) is 0.777. The standard InChI is InChI=1S/C19H22N4/c1-14(22-15(2)19-21-12-13-23(19)3)16-4-6-17(7-5-16)18-8-10-20-11-9-18/h4-15,22H,1-3H3. The summed E-state index contributed by atoms with van der Waals surface area (Å²) in [5.41, 5.74) is 3.66. The van der Waals surface area contributed by atoms with Gasteiger partial charge in [0.25, 0.3) is 0 Å². The molecule has 3 rings (SSSR count). The van der Waals surface area contributed by atoms with E-state index in [1.165, 1.54) is 16.7 Å². The van der Waals surface area contributed by atoms with Crippen molar-refractivity contribution in [3.63, 3.8) is 0 Å². The molecule has 1 aromatic carbocycles. The topological polar surface area (TPSA) is 42.7 Å². The number of nitrogens with one attached hydrogen (secondary N) is 1. The molecule has 2 atom stereocenters. The fourth-order valence-electron chi connectivity index (χ4n) is 2.85. The molecule has 3 aromatic rings. The van der Waals surface area contributed by atoms with Crippen LogP contribution in [0.2, 0.25) is 0 Å². The minimum atomic E-state index is 0.199. The van der Waals surface area contributed by atoms with Gasteiger partial charge in [-0.1, -0.05) is 24.3 Å². The van der Waals surface area contributed by atoms with Crippen LogP contribution in [0.4, 0.5) is 0 Å². The number of hydrogen-bond acceptors (Lipinski definition) is 3. The largest absolute Gasteiger partial charge is 0.337 e. The second-order valence-corrected chi connectivity index (χ2v) is 5.86. The molecule has 2 unspecified atom stereocenters. The van der Waals surface area contributed by atoms with Crippen LogP contribution in [0.1, 0.15) is 37.3 Å². The molecule has 0 aliphatic carbocycles. The Bertz CT molecular complexity index is 747. The normalized spacial score (nSPS) is 13.7. The Morgan fingerprint density at radius 3 is 2.13 bits per heavy atom. The number of nitrogens with zero attached hydrogens (tertiary/aromatic N) is 3. The number of aryl methyl sites for hydroxylation is 1. The molecule has 0 spiro atoms. The van der Waals surface area contributed by atoms with Gasteiger partial charge in [0.05, 0.1) is 6.04 Å². The number of pyridine rings is 1. The molecule has 0 amide bonds. The highest BCUT2D eigenvalue weighted by molar-refractivity contribution is 5.62. The summed E-state index contributed by atoms with van der Waals surface area (Å²) in [5.74, 6) is 1.05. The molecule has 0 fully saturated rings. The highest BCUT2D eigenvalue weighted by atomic mass is 15.1. The Morgan fingerprint density at radius 2 is 1.52 bits per heavy atom. The number of benzene rings is 1. The third kappa shape index (κ3) is 3.48. The first-order valence-corrected chi connectivity index (χ1v) is 7.89. The molecular weight excluding hydrogens is 284 g/mol. The number of rotatable bonds is 5. The van der Waals surface area contributed by atoms with Crippen LogP contribution >= 0.6 is 0 Å². The zero-order valence-electron chi connectivity index (χ0n) is 13.8. The lowest BCUT2D eigenvalue weighted by Gasteiger charge is -2.20. The zero-order valence-corrected chi connectivity index (χ0v) is 13.8. The molecule has 0 bridgehead atoms. The predicted octanol–water partition coefficient (Wildman–Crippen LogP) is 3.89. The molecule has 0 radical (unpaired) electrons. The van der Waals surface area contributed by atoms with Crippen LogP contribution in [0.3, 0.4) is 0 Å². The van der Waals surface area contributed by atoms with Crippen LogP contribution < -0.4 is 5.32 Å². The van der Waals surface area contributed by atoms with Crippen molar-refractivity contribution < 1.29 is 0 Å². The Hall–Kier alpha value is -2.46. The zero-order chi connectivity index (χ0) is 16.2. The van der Waals surface area contributed by atoms with Gasteiger partial charge < -0.3 is 9.88 Å². The number of imidazole rings is 1. The van der Waals surface area contributed by atoms with Crippen LogP contribution in [-0.2, 0) is 7.05 Å². The first kappa shape index (κ1) is 15.4. The lowest BCUT2D eigenvalue weighted by atomic mass is 10.0. The van der Waals surface area contributed by atoms with Crippen LogP contribution in [0.15, 0.2) is 61.2 Å². The summed E-state index contributed by atoms with van der Waals surface area (Å²) in [5, 5.41) is 3.61. The molecule has 1 N–H and O–H groups in total. The van der Waals surface area contributed by atoms with Gasteiger partial charge in [0, 0.05) is 37.9 Å². The summed E-state index contributed by atoms with van der Waals surface area (Å²) < 4.78 is 2.05. The van der Waals surface area contributed by atoms with Crippen molar-refractivity contribution in [2.75, 3.05) is 0 Å². The van der Waals surface area contributed by atoms with Gasteiger partial charge in [-0.15, -0.1) is 0 Å². The number of hydrogen-bond donors (Lipinski definition) is 1. The van der Waals surface area contributed by atoms with E-state index in [1.54, 1.807) is 0 Å². The van der Waals surface area contributed by atoms with Crippen molar-refractivity contribution in [3.8, 4) is 11.1 Å². The molecule has 0 saturated carbocycles. The fourth-order valence-corrected chi connectivity index (χ4v) is 2.85. The van der Waals surface area contributed by atoms with E-state index in [-0.39, 0.29) is 12.1 Å². The summed E-state index contributed by atoms with van der Waals surface area (Å²) >= 11 is 0. The molecule has 4 heteroatoms. The summed E-state index contributed by atoms with van der Waals surface area (Å²) in [6.07, 6.45) is 7.45. The van der Waals surface area contributed by atoms with E-state index < -0.39 is 0 Å². The number of aromatic nitrogens is 3. The Balaban J connectivity index is 1.71. The average Bonchev–Trinajstić information content (AvgIpc) is 3.02. The van der Waals surface area contributed by atoms with Crippen molar-refractivity contribution in [2.24, 2.45) is 7.05 Å². The lowest BCUT2D eigenvalue weighted by molar-refractivity contribution is 0.467. The highest BCUT2D eigenvalue weighted by Crippen LogP contribution is 2.23. The molecule has 0 aliphatic rings. The van der Waals surface area contributed by atoms with Gasteiger partial charge in [0.1, 0.15) is 5.82 Å². The van der Waals surface area contributed by atoms with Gasteiger partial charge in [-0.3, -0.25) is 4.98 Å². The molecule has 23 heavy (non-hydrogen) atoms. The van der Waals surface area contributed by atoms with Gasteiger partial charge in [-0.05, 0) is 42.7 Å². The maximum atomic E-state index is 4.41. The van der Waals surface area contributed by atoms with E-state index in [9.17, 15) is 0 Å². The summed E-state index contributed by atoms with van der Waals surface area (Å²) in [7, 11) is 2.02. The van der Waals surface area contributed by atoms with Gasteiger partial charge in [0.15, 0.2) is 0 Å². The van der Waals surface area contributed by atoms with E-state index in [2.05, 4.69) is 58.0 Å².